The molecule has 0 aromatic carbocycles. The van der Waals surface area contributed by atoms with Crippen LogP contribution in [0.1, 0.15) is 117 Å². The maximum Gasteiger partial charge on any atom is 0.240 e. The lowest BCUT2D eigenvalue weighted by Crippen LogP contribution is -2.71. The summed E-state index contributed by atoms with van der Waals surface area (Å²) in [5.41, 5.74) is -3.81. The number of carbonyl (C=O) groups is 2. The van der Waals surface area contributed by atoms with Crippen molar-refractivity contribution in [3.8, 4) is 11.8 Å². The molecule has 5 aliphatic heterocycles. The summed E-state index contributed by atoms with van der Waals surface area (Å²) in [6.45, 7) is 5.39. The molecule has 12 heteroatoms. The molecule has 17 atom stereocenters. The van der Waals surface area contributed by atoms with Crippen LogP contribution in [0.2, 0.25) is 0 Å². The van der Waals surface area contributed by atoms with Crippen molar-refractivity contribution < 1.29 is 49.3 Å². The van der Waals surface area contributed by atoms with E-state index in [-0.39, 0.29) is 48.2 Å². The highest BCUT2D eigenvalue weighted by Gasteiger charge is 2.80. The van der Waals surface area contributed by atoms with E-state index in [1.165, 1.54) is 0 Å². The van der Waals surface area contributed by atoms with Crippen molar-refractivity contribution >= 4 is 11.7 Å². The molecule has 17 unspecified atom stereocenters. The highest BCUT2D eigenvalue weighted by Crippen LogP contribution is 2.79. The van der Waals surface area contributed by atoms with Crippen molar-refractivity contribution in [3.63, 3.8) is 0 Å². The van der Waals surface area contributed by atoms with Crippen LogP contribution in [0.4, 0.5) is 0 Å². The maximum atomic E-state index is 15.3. The number of fused-ring (bicyclic) bond motifs is 4. The Bertz CT molecular complexity index is 1800. The quantitative estimate of drug-likeness (QED) is 0.127. The van der Waals surface area contributed by atoms with Crippen molar-refractivity contribution in [3.05, 3.63) is 11.1 Å². The number of rotatable bonds is 7. The molecular weight excluding hydrogens is 753 g/mol. The highest BCUT2D eigenvalue weighted by atomic mass is 16.5. The van der Waals surface area contributed by atoms with Gasteiger partial charge in [0.15, 0.2) is 5.78 Å². The predicted octanol–water partition coefficient (Wildman–Crippen LogP) is 3.00. The second kappa shape index (κ2) is 14.6. The van der Waals surface area contributed by atoms with Crippen LogP contribution in [-0.4, -0.2) is 130 Å². The Hall–Kier alpha value is -1.92. The third kappa shape index (κ3) is 5.60. The number of methoxy groups -OCH3 is 1. The first-order valence-electron chi connectivity index (χ1n) is 23.3. The molecule has 326 valence electrons. The molecule has 11 rings (SSSR count). The van der Waals surface area contributed by atoms with Crippen LogP contribution < -0.4 is 5.32 Å². The number of aliphatic hydroxyl groups is 5. The molecule has 0 radical (unpaired) electrons. The van der Waals surface area contributed by atoms with E-state index in [1.54, 1.807) is 14.0 Å². The number of piperidine rings is 1. The molecule has 12 nitrogen and oxygen atoms in total. The van der Waals surface area contributed by atoms with Crippen molar-refractivity contribution in [1.82, 2.24) is 10.2 Å². The topological polar surface area (TPSA) is 178 Å². The standard InChI is InChI=1S/C47H68N2O10/c1-43-16-14-29(58-20-8-19-57-3)22-33(43)36(51)30-13-12-27-21-35-44(2,55)40(52)37-32(25-50)31-23-34(48-41(53)38(31)59-37)42(54)49-24-28(49)11-7-15-45(43)17-18-46(35,47(27,56)39(30)45)26-9-5-4-6-10-26/h26-29,31-35,37-38,40-41,48,50,52-53,55-56H,4-6,8-14,16-25H2,1-3H3. The zero-order valence-electron chi connectivity index (χ0n) is 35.4. The normalized spacial score (nSPS) is 51.5. The summed E-state index contributed by atoms with van der Waals surface area (Å²) in [6.07, 6.45) is 7.12. The van der Waals surface area contributed by atoms with Crippen LogP contribution in [0.15, 0.2) is 11.1 Å². The monoisotopic (exact) mass is 820 g/mol. The summed E-state index contributed by atoms with van der Waals surface area (Å²) >= 11 is 0. The number of carbonyl (C=O) groups excluding carboxylic acids is 2. The van der Waals surface area contributed by atoms with Gasteiger partial charge < -0.3 is 44.6 Å². The fraction of sp³-hybridized carbons (Fsp3) is 0.872. The van der Waals surface area contributed by atoms with Crippen LogP contribution in [-0.2, 0) is 23.8 Å². The van der Waals surface area contributed by atoms with E-state index in [9.17, 15) is 30.3 Å². The molecule has 1 spiro atoms. The average molecular weight is 821 g/mol. The number of hydrogen-bond donors (Lipinski definition) is 6. The lowest BCUT2D eigenvalue weighted by Gasteiger charge is -2.69. The Morgan fingerprint density at radius 2 is 1.75 bits per heavy atom. The van der Waals surface area contributed by atoms with Gasteiger partial charge in [0.25, 0.3) is 0 Å². The van der Waals surface area contributed by atoms with Gasteiger partial charge in [0.1, 0.15) is 18.4 Å². The molecule has 1 amide bonds. The molecule has 59 heavy (non-hydrogen) atoms. The molecule has 5 heterocycles. The van der Waals surface area contributed by atoms with Gasteiger partial charge in [-0.3, -0.25) is 14.9 Å². The van der Waals surface area contributed by atoms with E-state index in [0.717, 1.165) is 62.5 Å². The van der Waals surface area contributed by atoms with Gasteiger partial charge in [0, 0.05) is 57.1 Å². The summed E-state index contributed by atoms with van der Waals surface area (Å²) in [7, 11) is 1.69. The number of nitrogens with zero attached hydrogens (tertiary/aromatic N) is 1. The fourth-order valence-corrected chi connectivity index (χ4v) is 16.0. The Labute approximate surface area is 349 Å². The predicted molar refractivity (Wildman–Crippen MR) is 215 cm³/mol. The van der Waals surface area contributed by atoms with Gasteiger partial charge in [0.05, 0.1) is 40.9 Å². The van der Waals surface area contributed by atoms with Gasteiger partial charge in [-0.15, -0.1) is 5.92 Å². The molecule has 6 aliphatic carbocycles. The third-order valence-corrected chi connectivity index (χ3v) is 18.9. The van der Waals surface area contributed by atoms with Gasteiger partial charge in [0.2, 0.25) is 5.91 Å². The Morgan fingerprint density at radius 3 is 2.51 bits per heavy atom. The number of hydrogen-bond acceptors (Lipinski definition) is 11. The summed E-state index contributed by atoms with van der Waals surface area (Å²) < 4.78 is 18.2. The number of ketones is 1. The second-order valence-corrected chi connectivity index (χ2v) is 21.2. The highest BCUT2D eigenvalue weighted by molar-refractivity contribution is 6.01. The van der Waals surface area contributed by atoms with Crippen LogP contribution in [0.25, 0.3) is 0 Å². The van der Waals surface area contributed by atoms with Crippen molar-refractivity contribution in [2.75, 3.05) is 33.5 Å². The SMILES string of the molecule is COCCCOC1CCC2(C)C(C1)C(=O)C1=C3C24C#CCC2CN2C(=O)C2CC5C(CO)C(OC5C(O)N2)C(O)C(C)(O)C2CC(CC1)C3(O)C2(C1CCCCC1)CC4. The number of aliphatic hydroxyl groups excluding tert-OH is 3. The van der Waals surface area contributed by atoms with Gasteiger partial charge in [-0.25, -0.2) is 0 Å². The van der Waals surface area contributed by atoms with Crippen LogP contribution >= 0.6 is 0 Å². The Morgan fingerprint density at radius 1 is 0.949 bits per heavy atom. The molecule has 4 saturated carbocycles. The lowest BCUT2D eigenvalue weighted by atomic mass is 9.35. The maximum absolute atomic E-state index is 15.3. The number of Topliss-reactive ketones (excluding diaryl/α,β-unsaturated/α-hetero) is 1. The van der Waals surface area contributed by atoms with Crippen LogP contribution in [0.5, 0.6) is 0 Å². The van der Waals surface area contributed by atoms with E-state index in [2.05, 4.69) is 24.1 Å². The van der Waals surface area contributed by atoms with Gasteiger partial charge in [-0.2, -0.15) is 0 Å². The van der Waals surface area contributed by atoms with Crippen molar-refractivity contribution in [1.29, 1.82) is 0 Å². The summed E-state index contributed by atoms with van der Waals surface area (Å²) in [5.74, 6) is 5.49. The summed E-state index contributed by atoms with van der Waals surface area (Å²) in [6, 6.07) is -0.768. The van der Waals surface area contributed by atoms with Crippen LogP contribution in [0.3, 0.4) is 0 Å². The lowest BCUT2D eigenvalue weighted by molar-refractivity contribution is -0.229. The molecule has 0 aromatic rings. The smallest absolute Gasteiger partial charge is 0.240 e. The number of nitrogens with one attached hydrogen (secondary N) is 1. The zero-order valence-corrected chi connectivity index (χ0v) is 35.4. The molecule has 7 bridgehead atoms. The second-order valence-electron chi connectivity index (χ2n) is 21.2. The number of allylic oxidation sites excluding steroid dienone is 1. The molecule has 0 aromatic heterocycles. The van der Waals surface area contributed by atoms with Crippen molar-refractivity contribution in [2.45, 2.75) is 171 Å². The first-order valence-corrected chi connectivity index (χ1v) is 23.3. The largest absolute Gasteiger partial charge is 0.396 e. The van der Waals surface area contributed by atoms with E-state index in [0.29, 0.717) is 71.1 Å². The fourth-order valence-electron chi connectivity index (χ4n) is 16.0. The third-order valence-electron chi connectivity index (χ3n) is 18.9. The summed E-state index contributed by atoms with van der Waals surface area (Å²) in [5, 5.41) is 65.8. The van der Waals surface area contributed by atoms with E-state index >= 15 is 4.79 Å². The van der Waals surface area contributed by atoms with E-state index in [1.807, 2.05) is 4.90 Å². The molecule has 6 N–H and O–H groups in total. The number of ether oxygens (including phenoxy) is 3. The first kappa shape index (κ1) is 41.1. The first-order chi connectivity index (χ1) is 28.3. The minimum absolute atomic E-state index is 0.0510. The Kier molecular flexibility index (Phi) is 10.1. The zero-order chi connectivity index (χ0) is 41.3. The van der Waals surface area contributed by atoms with Gasteiger partial charge in [-0.1, -0.05) is 32.1 Å². The number of amides is 1. The van der Waals surface area contributed by atoms with E-state index in [4.69, 9.17) is 14.2 Å². The van der Waals surface area contributed by atoms with Crippen LogP contribution in [0, 0.1) is 63.6 Å². The minimum Gasteiger partial charge on any atom is -0.396 e. The minimum atomic E-state index is -1.77. The molecule has 3 saturated heterocycles. The Balaban J connectivity index is 1.14. The van der Waals surface area contributed by atoms with Gasteiger partial charge >= 0.3 is 0 Å². The summed E-state index contributed by atoms with van der Waals surface area (Å²) in [4.78, 5) is 31.2. The van der Waals surface area contributed by atoms with E-state index < -0.39 is 75.8 Å². The molecule has 11 aliphatic rings. The van der Waals surface area contributed by atoms with Crippen molar-refractivity contribution in [2.24, 2.45) is 51.8 Å². The molecular formula is C47H68N2O10. The average Bonchev–Trinajstić information content (AvgIpc) is 3.81. The van der Waals surface area contributed by atoms with Gasteiger partial charge in [-0.05, 0) is 124 Å². The molecule has 7 fully saturated rings.